The van der Waals surface area contributed by atoms with Crippen LogP contribution >= 0.6 is 0 Å². The summed E-state index contributed by atoms with van der Waals surface area (Å²) in [6.45, 7) is 0. The van der Waals surface area contributed by atoms with Crippen LogP contribution in [0, 0.1) is 0 Å². The van der Waals surface area contributed by atoms with Crippen molar-refractivity contribution >= 4 is 15.7 Å². The van der Waals surface area contributed by atoms with Gasteiger partial charge in [0.1, 0.15) is 11.4 Å². The van der Waals surface area contributed by atoms with E-state index in [0.717, 1.165) is 12.5 Å². The van der Waals surface area contributed by atoms with Crippen molar-refractivity contribution in [1.82, 2.24) is 4.98 Å². The number of nitrogens with one attached hydrogen (secondary N) is 1. The molecule has 0 aromatic carbocycles. The minimum Gasteiger partial charge on any atom is -0.506 e. The van der Waals surface area contributed by atoms with Gasteiger partial charge in [0, 0.05) is 6.07 Å². The van der Waals surface area contributed by atoms with Gasteiger partial charge in [-0.25, -0.2) is 13.4 Å². The van der Waals surface area contributed by atoms with Crippen LogP contribution < -0.4 is 9.46 Å². The molecule has 0 amide bonds. The van der Waals surface area contributed by atoms with Gasteiger partial charge in [0.15, 0.2) is 0 Å². The van der Waals surface area contributed by atoms with E-state index in [0.29, 0.717) is 0 Å². The van der Waals surface area contributed by atoms with Gasteiger partial charge in [-0.3, -0.25) is 4.72 Å². The van der Waals surface area contributed by atoms with Crippen LogP contribution in [-0.4, -0.2) is 31.9 Å². The van der Waals surface area contributed by atoms with Gasteiger partial charge in [0.05, 0.1) is 19.6 Å². The molecule has 0 radical (unpaired) electrons. The van der Waals surface area contributed by atoms with Crippen molar-refractivity contribution in [3.05, 3.63) is 12.3 Å². The summed E-state index contributed by atoms with van der Waals surface area (Å²) >= 11 is 0. The summed E-state index contributed by atoms with van der Waals surface area (Å²) < 4.78 is 28.8. The number of methoxy groups -OCH3 is 1. The van der Waals surface area contributed by atoms with E-state index in [2.05, 4.69) is 9.71 Å². The van der Waals surface area contributed by atoms with E-state index >= 15 is 0 Å². The zero-order valence-electron chi connectivity index (χ0n) is 7.68. The SMILES string of the molecule is COc1ncc(O)cc1NS(C)(=O)=O. The lowest BCUT2D eigenvalue weighted by atomic mass is 10.4. The summed E-state index contributed by atoms with van der Waals surface area (Å²) in [7, 11) is -2.05. The van der Waals surface area contributed by atoms with Gasteiger partial charge in [-0.15, -0.1) is 0 Å². The first-order valence-corrected chi connectivity index (χ1v) is 5.52. The molecule has 1 aromatic heterocycles. The Balaban J connectivity index is 3.11. The minimum absolute atomic E-state index is 0.105. The van der Waals surface area contributed by atoms with Gasteiger partial charge >= 0.3 is 0 Å². The third kappa shape index (κ3) is 2.77. The summed E-state index contributed by atoms with van der Waals surface area (Å²) in [4.78, 5) is 3.68. The molecule has 7 heteroatoms. The number of hydrogen-bond donors (Lipinski definition) is 2. The molecule has 1 heterocycles. The average molecular weight is 218 g/mol. The van der Waals surface area contributed by atoms with E-state index in [4.69, 9.17) is 9.84 Å². The monoisotopic (exact) mass is 218 g/mol. The van der Waals surface area contributed by atoms with Crippen LogP contribution in [0.3, 0.4) is 0 Å². The fourth-order valence-electron chi connectivity index (χ4n) is 0.877. The van der Waals surface area contributed by atoms with Crippen molar-refractivity contribution in [1.29, 1.82) is 0 Å². The lowest BCUT2D eigenvalue weighted by Gasteiger charge is -2.08. The lowest BCUT2D eigenvalue weighted by molar-refractivity contribution is 0.396. The molecule has 78 valence electrons. The Bertz CT molecular complexity index is 429. The number of rotatable bonds is 3. The Morgan fingerprint density at radius 3 is 2.71 bits per heavy atom. The Morgan fingerprint density at radius 1 is 1.57 bits per heavy atom. The van der Waals surface area contributed by atoms with E-state index in [-0.39, 0.29) is 17.3 Å². The summed E-state index contributed by atoms with van der Waals surface area (Å²) in [6.07, 6.45) is 2.16. The number of hydrogen-bond acceptors (Lipinski definition) is 5. The number of sulfonamides is 1. The molecule has 0 saturated heterocycles. The molecule has 0 atom stereocenters. The number of aromatic hydroxyl groups is 1. The first-order valence-electron chi connectivity index (χ1n) is 3.63. The van der Waals surface area contributed by atoms with Crippen molar-refractivity contribution < 1.29 is 18.3 Å². The van der Waals surface area contributed by atoms with Gasteiger partial charge in [0.25, 0.3) is 0 Å². The smallest absolute Gasteiger partial charge is 0.238 e. The first-order chi connectivity index (χ1) is 6.42. The average Bonchev–Trinajstić information content (AvgIpc) is 2.01. The summed E-state index contributed by atoms with van der Waals surface area (Å²) in [5.74, 6) is -0.0369. The van der Waals surface area contributed by atoms with Crippen LogP contribution in [0.15, 0.2) is 12.3 Å². The van der Waals surface area contributed by atoms with E-state index in [1.54, 1.807) is 0 Å². The zero-order chi connectivity index (χ0) is 10.8. The number of pyridine rings is 1. The van der Waals surface area contributed by atoms with E-state index in [1.165, 1.54) is 13.2 Å². The Hall–Kier alpha value is -1.50. The minimum atomic E-state index is -3.41. The van der Waals surface area contributed by atoms with Gasteiger partial charge in [0.2, 0.25) is 15.9 Å². The summed E-state index contributed by atoms with van der Waals surface area (Å²) in [5.41, 5.74) is 0.106. The maximum absolute atomic E-state index is 10.9. The molecule has 14 heavy (non-hydrogen) atoms. The number of ether oxygens (including phenoxy) is 1. The van der Waals surface area contributed by atoms with Crippen LogP contribution in [0.5, 0.6) is 11.6 Å². The van der Waals surface area contributed by atoms with Crippen molar-refractivity contribution in [3.8, 4) is 11.6 Å². The molecule has 0 bridgehead atoms. The number of anilines is 1. The van der Waals surface area contributed by atoms with Crippen molar-refractivity contribution in [2.24, 2.45) is 0 Å². The fourth-order valence-corrected chi connectivity index (χ4v) is 1.42. The Morgan fingerprint density at radius 2 is 2.21 bits per heavy atom. The zero-order valence-corrected chi connectivity index (χ0v) is 8.50. The standard InChI is InChI=1S/C7H10N2O4S/c1-13-7-6(9-14(2,11)12)3-5(10)4-8-7/h3-4,9-10H,1-2H3. The van der Waals surface area contributed by atoms with Gasteiger partial charge in [-0.05, 0) is 0 Å². The molecule has 0 unspecified atom stereocenters. The van der Waals surface area contributed by atoms with Gasteiger partial charge in [-0.2, -0.15) is 0 Å². The normalized spacial score (nSPS) is 11.0. The molecule has 1 aromatic rings. The number of aromatic nitrogens is 1. The topological polar surface area (TPSA) is 88.5 Å². The molecule has 1 rings (SSSR count). The Kier molecular flexibility index (Phi) is 2.80. The van der Waals surface area contributed by atoms with E-state index in [9.17, 15) is 8.42 Å². The molecular weight excluding hydrogens is 208 g/mol. The predicted octanol–water partition coefficient (Wildman–Crippen LogP) is 0.167. The van der Waals surface area contributed by atoms with Crippen LogP contribution in [0.2, 0.25) is 0 Å². The van der Waals surface area contributed by atoms with Crippen LogP contribution in [0.4, 0.5) is 5.69 Å². The van der Waals surface area contributed by atoms with Crippen LogP contribution in [-0.2, 0) is 10.0 Å². The maximum atomic E-state index is 10.9. The molecule has 0 saturated carbocycles. The Labute approximate surface area is 81.6 Å². The van der Waals surface area contributed by atoms with E-state index < -0.39 is 10.0 Å². The second-order valence-electron chi connectivity index (χ2n) is 2.62. The molecule has 0 aliphatic carbocycles. The molecule has 0 spiro atoms. The van der Waals surface area contributed by atoms with Crippen LogP contribution in [0.25, 0.3) is 0 Å². The van der Waals surface area contributed by atoms with E-state index in [1.807, 2.05) is 0 Å². The summed E-state index contributed by atoms with van der Waals surface area (Å²) in [6, 6.07) is 1.22. The van der Waals surface area contributed by atoms with Gasteiger partial charge < -0.3 is 9.84 Å². The number of nitrogens with zero attached hydrogens (tertiary/aromatic N) is 1. The highest BCUT2D eigenvalue weighted by molar-refractivity contribution is 7.92. The molecule has 6 nitrogen and oxygen atoms in total. The molecule has 0 aliphatic rings. The highest BCUT2D eigenvalue weighted by Gasteiger charge is 2.09. The van der Waals surface area contributed by atoms with Crippen molar-refractivity contribution in [2.75, 3.05) is 18.1 Å². The highest BCUT2D eigenvalue weighted by atomic mass is 32.2. The predicted molar refractivity (Wildman–Crippen MR) is 50.9 cm³/mol. The largest absolute Gasteiger partial charge is 0.506 e. The molecule has 0 fully saturated rings. The van der Waals surface area contributed by atoms with Crippen molar-refractivity contribution in [2.45, 2.75) is 0 Å². The second-order valence-corrected chi connectivity index (χ2v) is 4.37. The third-order valence-corrected chi connectivity index (χ3v) is 1.92. The van der Waals surface area contributed by atoms with Gasteiger partial charge in [-0.1, -0.05) is 0 Å². The van der Waals surface area contributed by atoms with Crippen molar-refractivity contribution in [3.63, 3.8) is 0 Å². The highest BCUT2D eigenvalue weighted by Crippen LogP contribution is 2.25. The summed E-state index contributed by atoms with van der Waals surface area (Å²) in [5, 5.41) is 9.08. The maximum Gasteiger partial charge on any atom is 0.238 e. The third-order valence-electron chi connectivity index (χ3n) is 1.33. The lowest BCUT2D eigenvalue weighted by Crippen LogP contribution is -2.10. The molecule has 0 aliphatic heterocycles. The second kappa shape index (κ2) is 3.70. The molecule has 2 N–H and O–H groups in total. The molecular formula is C7H10N2O4S. The first kappa shape index (κ1) is 10.6. The quantitative estimate of drug-likeness (QED) is 0.754. The van der Waals surface area contributed by atoms with Crippen LogP contribution in [0.1, 0.15) is 0 Å². The fraction of sp³-hybridized carbons (Fsp3) is 0.286.